The molecule has 184 valence electrons. The van der Waals surface area contributed by atoms with Crippen molar-refractivity contribution in [1.29, 1.82) is 5.26 Å². The van der Waals surface area contributed by atoms with Crippen LogP contribution in [-0.2, 0) is 10.2 Å². The van der Waals surface area contributed by atoms with Gasteiger partial charge in [-0.05, 0) is 45.4 Å². The standard InChI is InChI=1S/C25H36N6O3/c1-6-28(5)22(32)17-29-12-14-30(15-13-29)24(33)31-11-10-27-23(31)20-16-19(25(3,4)18-26)8-9-21(20)34-7-2/h8-9,16H,6-7,10-15,17H2,1-5H3. The van der Waals surface area contributed by atoms with Gasteiger partial charge in [0.25, 0.3) is 0 Å². The SMILES string of the molecule is CCOc1ccc(C(C)(C)C#N)cc1C1=NCCN1C(=O)N1CCN(CC(=O)N(C)CC)CC1. The summed E-state index contributed by atoms with van der Waals surface area (Å²) >= 11 is 0. The maximum atomic E-state index is 13.5. The van der Waals surface area contributed by atoms with Crippen LogP contribution in [0.15, 0.2) is 23.2 Å². The van der Waals surface area contributed by atoms with E-state index in [4.69, 9.17) is 4.74 Å². The molecule has 34 heavy (non-hydrogen) atoms. The van der Waals surface area contributed by atoms with Crippen LogP contribution in [0.5, 0.6) is 5.75 Å². The van der Waals surface area contributed by atoms with Gasteiger partial charge in [0, 0.05) is 46.3 Å². The van der Waals surface area contributed by atoms with Gasteiger partial charge in [0.15, 0.2) is 0 Å². The molecule has 1 aromatic carbocycles. The van der Waals surface area contributed by atoms with E-state index in [9.17, 15) is 14.9 Å². The van der Waals surface area contributed by atoms with Gasteiger partial charge in [-0.15, -0.1) is 0 Å². The van der Waals surface area contributed by atoms with Gasteiger partial charge < -0.3 is 14.5 Å². The molecule has 2 aliphatic rings. The van der Waals surface area contributed by atoms with Gasteiger partial charge in [0.05, 0.1) is 36.7 Å². The molecule has 0 atom stereocenters. The van der Waals surface area contributed by atoms with E-state index in [1.165, 1.54) is 0 Å². The third-order valence-electron chi connectivity index (χ3n) is 6.50. The van der Waals surface area contributed by atoms with Crippen molar-refractivity contribution in [3.8, 4) is 11.8 Å². The summed E-state index contributed by atoms with van der Waals surface area (Å²) in [4.78, 5) is 37.7. The number of nitriles is 1. The highest BCUT2D eigenvalue weighted by Gasteiger charge is 2.33. The highest BCUT2D eigenvalue weighted by atomic mass is 16.5. The molecule has 3 rings (SSSR count). The second kappa shape index (κ2) is 10.9. The maximum Gasteiger partial charge on any atom is 0.325 e. The first-order valence-corrected chi connectivity index (χ1v) is 12.0. The zero-order chi connectivity index (χ0) is 24.9. The third-order valence-corrected chi connectivity index (χ3v) is 6.50. The summed E-state index contributed by atoms with van der Waals surface area (Å²) in [6.45, 7) is 12.6. The monoisotopic (exact) mass is 468 g/mol. The molecule has 1 aromatic rings. The lowest BCUT2D eigenvalue weighted by Gasteiger charge is -2.37. The topological polar surface area (TPSA) is 92.5 Å². The van der Waals surface area contributed by atoms with Crippen molar-refractivity contribution in [3.05, 3.63) is 29.3 Å². The first kappa shape index (κ1) is 25.5. The van der Waals surface area contributed by atoms with Crippen molar-refractivity contribution < 1.29 is 14.3 Å². The first-order chi connectivity index (χ1) is 16.2. The number of aliphatic imine (C=N–C) groups is 1. The number of nitrogens with zero attached hydrogens (tertiary/aromatic N) is 6. The lowest BCUT2D eigenvalue weighted by Crippen LogP contribution is -2.55. The largest absolute Gasteiger partial charge is 0.493 e. The smallest absolute Gasteiger partial charge is 0.325 e. The van der Waals surface area contributed by atoms with Gasteiger partial charge in [-0.2, -0.15) is 5.26 Å². The number of ether oxygens (including phenoxy) is 1. The minimum Gasteiger partial charge on any atom is -0.493 e. The van der Waals surface area contributed by atoms with E-state index < -0.39 is 5.41 Å². The Morgan fingerprint density at radius 1 is 1.18 bits per heavy atom. The number of hydrogen-bond acceptors (Lipinski definition) is 6. The number of hydrogen-bond donors (Lipinski definition) is 0. The quantitative estimate of drug-likeness (QED) is 0.612. The Kier molecular flexibility index (Phi) is 8.15. The minimum atomic E-state index is -0.674. The van der Waals surface area contributed by atoms with Gasteiger partial charge in [0.2, 0.25) is 5.91 Å². The fourth-order valence-electron chi connectivity index (χ4n) is 4.06. The van der Waals surface area contributed by atoms with Crippen molar-refractivity contribution in [2.45, 2.75) is 33.1 Å². The second-order valence-corrected chi connectivity index (χ2v) is 9.19. The van der Waals surface area contributed by atoms with Crippen LogP contribution in [0.1, 0.15) is 38.8 Å². The predicted octanol–water partition coefficient (Wildman–Crippen LogP) is 2.16. The molecule has 2 heterocycles. The Morgan fingerprint density at radius 3 is 2.50 bits per heavy atom. The molecule has 9 heteroatoms. The fourth-order valence-corrected chi connectivity index (χ4v) is 4.06. The number of urea groups is 1. The molecule has 0 aliphatic carbocycles. The maximum absolute atomic E-state index is 13.5. The van der Waals surface area contributed by atoms with Gasteiger partial charge in [-0.25, -0.2) is 4.79 Å². The molecule has 0 bridgehead atoms. The average Bonchev–Trinajstić information content (AvgIpc) is 3.33. The van der Waals surface area contributed by atoms with Crippen molar-refractivity contribution in [2.24, 2.45) is 4.99 Å². The van der Waals surface area contributed by atoms with Crippen LogP contribution < -0.4 is 4.74 Å². The average molecular weight is 469 g/mol. The van der Waals surface area contributed by atoms with Gasteiger partial charge in [-0.1, -0.05) is 6.07 Å². The highest BCUT2D eigenvalue weighted by Crippen LogP contribution is 2.30. The Labute approximate surface area is 202 Å². The lowest BCUT2D eigenvalue weighted by atomic mass is 9.85. The van der Waals surface area contributed by atoms with Crippen LogP contribution in [0.4, 0.5) is 4.79 Å². The summed E-state index contributed by atoms with van der Waals surface area (Å²) in [7, 11) is 1.81. The number of likely N-dealkylation sites (N-methyl/N-ethyl adjacent to an activating group) is 1. The van der Waals surface area contributed by atoms with Crippen LogP contribution in [0.2, 0.25) is 0 Å². The molecule has 1 fully saturated rings. The molecule has 0 radical (unpaired) electrons. The van der Waals surface area contributed by atoms with E-state index in [0.29, 0.717) is 70.6 Å². The number of amidine groups is 1. The Hall–Kier alpha value is -3.12. The summed E-state index contributed by atoms with van der Waals surface area (Å²) in [6, 6.07) is 7.94. The molecule has 3 amide bonds. The van der Waals surface area contributed by atoms with Crippen LogP contribution in [0, 0.1) is 11.3 Å². The highest BCUT2D eigenvalue weighted by molar-refractivity contribution is 6.10. The number of rotatable bonds is 7. The molecule has 2 aliphatic heterocycles. The van der Waals surface area contributed by atoms with Crippen LogP contribution >= 0.6 is 0 Å². The van der Waals surface area contributed by atoms with E-state index in [1.807, 2.05) is 50.8 Å². The zero-order valence-electron chi connectivity index (χ0n) is 21.0. The molecular formula is C25H36N6O3. The molecule has 9 nitrogen and oxygen atoms in total. The second-order valence-electron chi connectivity index (χ2n) is 9.19. The minimum absolute atomic E-state index is 0.0831. The molecule has 0 aromatic heterocycles. The zero-order valence-corrected chi connectivity index (χ0v) is 21.0. The summed E-state index contributed by atoms with van der Waals surface area (Å²) in [6.07, 6.45) is 0. The van der Waals surface area contributed by atoms with E-state index in [1.54, 1.807) is 16.8 Å². The Morgan fingerprint density at radius 2 is 1.88 bits per heavy atom. The molecule has 0 N–H and O–H groups in total. The molecular weight excluding hydrogens is 432 g/mol. The summed E-state index contributed by atoms with van der Waals surface area (Å²) in [5, 5.41) is 9.60. The predicted molar refractivity (Wildman–Crippen MR) is 131 cm³/mol. The van der Waals surface area contributed by atoms with Gasteiger partial charge in [0.1, 0.15) is 11.6 Å². The van der Waals surface area contributed by atoms with Crippen LogP contribution in [-0.4, -0.2) is 103 Å². The Bertz CT molecular complexity index is 975. The number of benzene rings is 1. The number of piperazine rings is 1. The van der Waals surface area contributed by atoms with Gasteiger partial charge in [-0.3, -0.25) is 19.6 Å². The third kappa shape index (κ3) is 5.50. The Balaban J connectivity index is 1.75. The molecule has 0 saturated carbocycles. The normalized spacial score (nSPS) is 16.8. The van der Waals surface area contributed by atoms with Crippen molar-refractivity contribution in [3.63, 3.8) is 0 Å². The van der Waals surface area contributed by atoms with E-state index >= 15 is 0 Å². The van der Waals surface area contributed by atoms with Crippen molar-refractivity contribution in [2.75, 3.05) is 66.0 Å². The van der Waals surface area contributed by atoms with Crippen molar-refractivity contribution in [1.82, 2.24) is 19.6 Å². The van der Waals surface area contributed by atoms with Crippen LogP contribution in [0.25, 0.3) is 0 Å². The van der Waals surface area contributed by atoms with Crippen LogP contribution in [0.3, 0.4) is 0 Å². The van der Waals surface area contributed by atoms with E-state index in [-0.39, 0.29) is 11.9 Å². The number of carbonyl (C=O) groups excluding carboxylic acids is 2. The first-order valence-electron chi connectivity index (χ1n) is 12.0. The van der Waals surface area contributed by atoms with Crippen molar-refractivity contribution >= 4 is 17.8 Å². The lowest BCUT2D eigenvalue weighted by molar-refractivity contribution is -0.131. The van der Waals surface area contributed by atoms with Gasteiger partial charge >= 0.3 is 6.03 Å². The van der Waals surface area contributed by atoms with E-state index in [2.05, 4.69) is 16.0 Å². The fraction of sp³-hybridized carbons (Fsp3) is 0.600. The van der Waals surface area contributed by atoms with E-state index in [0.717, 1.165) is 11.1 Å². The molecule has 0 spiro atoms. The summed E-state index contributed by atoms with van der Waals surface area (Å²) < 4.78 is 5.85. The summed E-state index contributed by atoms with van der Waals surface area (Å²) in [5.74, 6) is 1.34. The number of amides is 3. The molecule has 1 saturated heterocycles. The molecule has 0 unspecified atom stereocenters. The number of carbonyl (C=O) groups is 2. The summed E-state index contributed by atoms with van der Waals surface area (Å²) in [5.41, 5.74) is 0.916.